The smallest absolute Gasteiger partial charge is 0.329 e. The van der Waals surface area contributed by atoms with Crippen LogP contribution in [-0.2, 0) is 16.2 Å². The highest BCUT2D eigenvalue weighted by Gasteiger charge is 2.16. The molecule has 0 atom stereocenters. The summed E-state index contributed by atoms with van der Waals surface area (Å²) in [5, 5.41) is 6.67. The van der Waals surface area contributed by atoms with Crippen LogP contribution < -0.4 is 20.2 Å². The summed E-state index contributed by atoms with van der Waals surface area (Å²) in [6.07, 6.45) is 1.30. The van der Waals surface area contributed by atoms with Crippen LogP contribution in [0.1, 0.15) is 22.3 Å². The molecule has 0 fully saturated rings. The lowest BCUT2D eigenvalue weighted by molar-refractivity contribution is -0.136. The quantitative estimate of drug-likeness (QED) is 0.288. The Morgan fingerprint density at radius 2 is 1.71 bits per heavy atom. The van der Waals surface area contributed by atoms with Crippen molar-refractivity contribution in [2.24, 2.45) is 5.10 Å². The Morgan fingerprint density at radius 1 is 1.03 bits per heavy atom. The summed E-state index contributed by atoms with van der Waals surface area (Å²) in [5.74, 6) is -1.66. The van der Waals surface area contributed by atoms with E-state index in [2.05, 4.69) is 15.8 Å². The van der Waals surface area contributed by atoms with Gasteiger partial charge in [0.25, 0.3) is 0 Å². The Kier molecular flexibility index (Phi) is 8.21. The van der Waals surface area contributed by atoms with Gasteiger partial charge in [-0.05, 0) is 49.2 Å². The predicted octanol–water partition coefficient (Wildman–Crippen LogP) is 4.77. The molecule has 34 heavy (non-hydrogen) atoms. The molecule has 0 spiro atoms. The maximum atomic E-state index is 14.1. The highest BCUT2D eigenvalue weighted by Crippen LogP contribution is 2.32. The molecule has 0 bridgehead atoms. The Bertz CT molecular complexity index is 1210. The fourth-order valence-corrected chi connectivity index (χ4v) is 3.37. The number of carbonyl (C=O) groups excluding carboxylic acids is 2. The first-order valence-corrected chi connectivity index (χ1v) is 10.6. The molecule has 3 aromatic rings. The Morgan fingerprint density at radius 3 is 2.38 bits per heavy atom. The van der Waals surface area contributed by atoms with Gasteiger partial charge in [0.1, 0.15) is 12.4 Å². The van der Waals surface area contributed by atoms with Crippen molar-refractivity contribution in [2.75, 3.05) is 12.4 Å². The SMILES string of the molecule is COc1cccc(/C=N\NC(=O)C(=O)Nc2c(C)cccc2C)c1OCc1c(F)cccc1Cl. The van der Waals surface area contributed by atoms with Crippen molar-refractivity contribution in [2.45, 2.75) is 20.5 Å². The number of halogens is 2. The zero-order valence-electron chi connectivity index (χ0n) is 18.8. The van der Waals surface area contributed by atoms with Crippen molar-refractivity contribution in [3.05, 3.63) is 87.7 Å². The van der Waals surface area contributed by atoms with E-state index in [0.29, 0.717) is 17.0 Å². The standard InChI is InChI=1S/C25H23ClFN3O4/c1-15-7-4-8-16(2)22(15)29-24(31)25(32)30-28-13-17-9-5-12-21(33-3)23(17)34-14-18-19(26)10-6-11-20(18)27/h4-13H,14H2,1-3H3,(H,29,31)(H,30,32)/b28-13-. The highest BCUT2D eigenvalue weighted by molar-refractivity contribution is 6.39. The van der Waals surface area contributed by atoms with E-state index >= 15 is 0 Å². The summed E-state index contributed by atoms with van der Waals surface area (Å²) in [6, 6.07) is 14.9. The number of para-hydroxylation sites is 2. The van der Waals surface area contributed by atoms with Crippen LogP contribution in [0.3, 0.4) is 0 Å². The Hall–Kier alpha value is -3.91. The summed E-state index contributed by atoms with van der Waals surface area (Å²) in [4.78, 5) is 24.5. The van der Waals surface area contributed by atoms with Crippen LogP contribution >= 0.6 is 11.6 Å². The molecule has 0 saturated carbocycles. The number of benzene rings is 3. The minimum atomic E-state index is -0.942. The van der Waals surface area contributed by atoms with Crippen LogP contribution in [0.25, 0.3) is 0 Å². The van der Waals surface area contributed by atoms with E-state index in [1.807, 2.05) is 32.0 Å². The first-order valence-electron chi connectivity index (χ1n) is 10.2. The summed E-state index contributed by atoms with van der Waals surface area (Å²) in [5.41, 5.74) is 5.04. The second-order valence-electron chi connectivity index (χ2n) is 7.29. The molecule has 3 rings (SSSR count). The second kappa shape index (κ2) is 11.3. The van der Waals surface area contributed by atoms with Gasteiger partial charge in [-0.25, -0.2) is 9.82 Å². The van der Waals surface area contributed by atoms with E-state index in [1.165, 1.54) is 25.5 Å². The number of aryl methyl sites for hydroxylation is 2. The normalized spacial score (nSPS) is 10.7. The van der Waals surface area contributed by atoms with Gasteiger partial charge in [0.15, 0.2) is 11.5 Å². The molecule has 0 unspecified atom stereocenters. The van der Waals surface area contributed by atoms with Crippen molar-refractivity contribution in [1.29, 1.82) is 0 Å². The van der Waals surface area contributed by atoms with Gasteiger partial charge >= 0.3 is 11.8 Å². The number of anilines is 1. The van der Waals surface area contributed by atoms with Gasteiger partial charge in [0, 0.05) is 16.8 Å². The van der Waals surface area contributed by atoms with Gasteiger partial charge in [-0.15, -0.1) is 0 Å². The van der Waals surface area contributed by atoms with E-state index in [0.717, 1.165) is 11.1 Å². The fraction of sp³-hybridized carbons (Fsp3) is 0.160. The average molecular weight is 484 g/mol. The van der Waals surface area contributed by atoms with E-state index in [4.69, 9.17) is 21.1 Å². The number of hydrogen-bond acceptors (Lipinski definition) is 5. The number of nitrogens with one attached hydrogen (secondary N) is 2. The summed E-state index contributed by atoms with van der Waals surface area (Å²) >= 11 is 6.07. The van der Waals surface area contributed by atoms with E-state index < -0.39 is 17.6 Å². The highest BCUT2D eigenvalue weighted by atomic mass is 35.5. The number of carbonyl (C=O) groups is 2. The van der Waals surface area contributed by atoms with Gasteiger partial charge < -0.3 is 14.8 Å². The molecule has 0 saturated heterocycles. The molecule has 0 aliphatic carbocycles. The van der Waals surface area contributed by atoms with Crippen molar-refractivity contribution < 1.29 is 23.5 Å². The first kappa shape index (κ1) is 24.7. The third kappa shape index (κ3) is 5.90. The molecule has 0 heterocycles. The second-order valence-corrected chi connectivity index (χ2v) is 7.69. The van der Waals surface area contributed by atoms with Crippen LogP contribution in [0.2, 0.25) is 5.02 Å². The van der Waals surface area contributed by atoms with E-state index in [1.54, 1.807) is 24.3 Å². The van der Waals surface area contributed by atoms with Gasteiger partial charge in [0.05, 0.1) is 18.3 Å². The molecular weight excluding hydrogens is 461 g/mol. The lowest BCUT2D eigenvalue weighted by Crippen LogP contribution is -2.32. The number of amides is 2. The monoisotopic (exact) mass is 483 g/mol. The zero-order chi connectivity index (χ0) is 24.7. The largest absolute Gasteiger partial charge is 0.493 e. The van der Waals surface area contributed by atoms with Crippen molar-refractivity contribution >= 4 is 35.3 Å². The predicted molar refractivity (Wildman–Crippen MR) is 129 cm³/mol. The minimum Gasteiger partial charge on any atom is -0.493 e. The molecule has 0 radical (unpaired) electrons. The van der Waals surface area contributed by atoms with Gasteiger partial charge in [-0.2, -0.15) is 5.10 Å². The summed E-state index contributed by atoms with van der Waals surface area (Å²) in [6.45, 7) is 3.51. The zero-order valence-corrected chi connectivity index (χ0v) is 19.6. The molecule has 3 aromatic carbocycles. The molecular formula is C25H23ClFN3O4. The number of hydrogen-bond donors (Lipinski definition) is 2. The third-order valence-electron chi connectivity index (χ3n) is 4.95. The average Bonchev–Trinajstić information content (AvgIpc) is 2.81. The molecule has 7 nitrogen and oxygen atoms in total. The maximum absolute atomic E-state index is 14.1. The van der Waals surface area contributed by atoms with Crippen molar-refractivity contribution in [1.82, 2.24) is 5.43 Å². The number of hydrazone groups is 1. The lowest BCUT2D eigenvalue weighted by Gasteiger charge is -2.14. The third-order valence-corrected chi connectivity index (χ3v) is 5.30. The van der Waals surface area contributed by atoms with Crippen LogP contribution in [0, 0.1) is 19.7 Å². The van der Waals surface area contributed by atoms with Crippen molar-refractivity contribution in [3.63, 3.8) is 0 Å². The van der Waals surface area contributed by atoms with Gasteiger partial charge in [-0.3, -0.25) is 9.59 Å². The number of ether oxygens (including phenoxy) is 2. The molecule has 2 N–H and O–H groups in total. The van der Waals surface area contributed by atoms with E-state index in [-0.39, 0.29) is 22.9 Å². The van der Waals surface area contributed by atoms with E-state index in [9.17, 15) is 14.0 Å². The number of nitrogens with zero attached hydrogens (tertiary/aromatic N) is 1. The summed E-state index contributed by atoms with van der Waals surface area (Å²) in [7, 11) is 1.46. The maximum Gasteiger partial charge on any atom is 0.329 e. The minimum absolute atomic E-state index is 0.155. The molecule has 0 aliphatic heterocycles. The molecule has 2 amide bonds. The van der Waals surface area contributed by atoms with Crippen LogP contribution in [0.15, 0.2) is 59.7 Å². The summed E-state index contributed by atoms with van der Waals surface area (Å²) < 4.78 is 25.2. The van der Waals surface area contributed by atoms with Crippen LogP contribution in [0.5, 0.6) is 11.5 Å². The molecule has 9 heteroatoms. The molecule has 0 aromatic heterocycles. The molecule has 0 aliphatic rings. The number of rotatable bonds is 7. The van der Waals surface area contributed by atoms with Crippen LogP contribution in [-0.4, -0.2) is 25.1 Å². The molecule has 176 valence electrons. The van der Waals surface area contributed by atoms with Crippen LogP contribution in [0.4, 0.5) is 10.1 Å². The number of methoxy groups -OCH3 is 1. The Labute approximate surface area is 201 Å². The van der Waals surface area contributed by atoms with Gasteiger partial charge in [0.2, 0.25) is 0 Å². The van der Waals surface area contributed by atoms with Crippen molar-refractivity contribution in [3.8, 4) is 11.5 Å². The Balaban J connectivity index is 1.71. The first-order chi connectivity index (χ1) is 16.3. The lowest BCUT2D eigenvalue weighted by atomic mass is 10.1. The van der Waals surface area contributed by atoms with Gasteiger partial charge in [-0.1, -0.05) is 41.9 Å². The fourth-order valence-electron chi connectivity index (χ4n) is 3.16. The topological polar surface area (TPSA) is 89.0 Å².